The minimum Gasteiger partial charge on any atom is -0.322 e. The smallest absolute Gasteiger partial charge is 0.255 e. The van der Waals surface area contributed by atoms with Gasteiger partial charge < -0.3 is 5.32 Å². The number of fused-ring (bicyclic) bond motifs is 1. The Morgan fingerprint density at radius 3 is 2.38 bits per heavy atom. The molecule has 26 heavy (non-hydrogen) atoms. The maximum Gasteiger partial charge on any atom is 0.255 e. The van der Waals surface area contributed by atoms with Gasteiger partial charge in [0, 0.05) is 37.7 Å². The van der Waals surface area contributed by atoms with Crippen LogP contribution in [0.5, 0.6) is 0 Å². The number of aromatic nitrogens is 2. The molecular weight excluding hydrogens is 352 g/mol. The number of rotatable bonds is 4. The Bertz CT molecular complexity index is 1090. The Morgan fingerprint density at radius 1 is 1.00 bits per heavy atom. The van der Waals surface area contributed by atoms with Crippen LogP contribution in [0.25, 0.3) is 11.0 Å². The van der Waals surface area contributed by atoms with Gasteiger partial charge in [-0.05, 0) is 42.8 Å². The third-order valence-electron chi connectivity index (χ3n) is 3.97. The number of carbonyl (C=O) groups is 1. The fourth-order valence-corrected chi connectivity index (χ4v) is 3.33. The first-order chi connectivity index (χ1) is 12.3. The number of carbonyl (C=O) groups excluding carboxylic acids is 1. The number of amides is 1. The van der Waals surface area contributed by atoms with E-state index in [0.29, 0.717) is 22.3 Å². The molecule has 0 atom stereocenters. The summed E-state index contributed by atoms with van der Waals surface area (Å²) in [5, 5.41) is 2.77. The van der Waals surface area contributed by atoms with Gasteiger partial charge in [0.05, 0.1) is 15.9 Å². The highest BCUT2D eigenvalue weighted by Crippen LogP contribution is 2.23. The van der Waals surface area contributed by atoms with Gasteiger partial charge in [-0.3, -0.25) is 14.8 Å². The summed E-state index contributed by atoms with van der Waals surface area (Å²) in [6.07, 6.45) is 3.14. The predicted octanol–water partition coefficient (Wildman–Crippen LogP) is 2.44. The first-order valence-electron chi connectivity index (χ1n) is 7.84. The Morgan fingerprint density at radius 2 is 1.69 bits per heavy atom. The number of benzene rings is 2. The normalized spacial score (nSPS) is 11.7. The summed E-state index contributed by atoms with van der Waals surface area (Å²) >= 11 is 0. The van der Waals surface area contributed by atoms with Gasteiger partial charge in [-0.25, -0.2) is 12.7 Å². The Balaban J connectivity index is 1.93. The van der Waals surface area contributed by atoms with Crippen LogP contribution in [0.4, 0.5) is 5.69 Å². The highest BCUT2D eigenvalue weighted by atomic mass is 32.2. The quantitative estimate of drug-likeness (QED) is 0.761. The van der Waals surface area contributed by atoms with Gasteiger partial charge in [0.25, 0.3) is 5.91 Å². The molecule has 1 heterocycles. The van der Waals surface area contributed by atoms with Crippen molar-refractivity contribution in [3.05, 3.63) is 59.9 Å². The molecule has 0 aliphatic rings. The summed E-state index contributed by atoms with van der Waals surface area (Å²) in [6.45, 7) is 1.80. The van der Waals surface area contributed by atoms with E-state index in [1.807, 2.05) is 0 Å². The standard InChI is InChI=1S/C18H18N4O3S/c1-12-4-6-14(26(24,25)22(2)3)11-16(12)21-18(23)13-5-7-15-17(10-13)20-9-8-19-15/h4-11H,1-3H3,(H,21,23). The number of nitrogens with one attached hydrogen (secondary N) is 1. The topological polar surface area (TPSA) is 92.3 Å². The van der Waals surface area contributed by atoms with Gasteiger partial charge in [-0.1, -0.05) is 6.07 Å². The van der Waals surface area contributed by atoms with Crippen LogP contribution in [0.1, 0.15) is 15.9 Å². The Kier molecular flexibility index (Phi) is 4.71. The van der Waals surface area contributed by atoms with Crippen molar-refractivity contribution in [2.75, 3.05) is 19.4 Å². The molecule has 0 saturated carbocycles. The number of hydrogen-bond donors (Lipinski definition) is 1. The van der Waals surface area contributed by atoms with E-state index in [9.17, 15) is 13.2 Å². The van der Waals surface area contributed by atoms with Crippen molar-refractivity contribution in [3.63, 3.8) is 0 Å². The van der Waals surface area contributed by atoms with Crippen LogP contribution in [0.15, 0.2) is 53.7 Å². The predicted molar refractivity (Wildman–Crippen MR) is 99.5 cm³/mol. The molecule has 3 rings (SSSR count). The van der Waals surface area contributed by atoms with E-state index >= 15 is 0 Å². The molecule has 0 aliphatic heterocycles. The average Bonchev–Trinajstić information content (AvgIpc) is 2.62. The Labute approximate surface area is 151 Å². The van der Waals surface area contributed by atoms with Crippen LogP contribution in [0, 0.1) is 6.92 Å². The molecule has 1 aromatic heterocycles. The van der Waals surface area contributed by atoms with Gasteiger partial charge in [0.15, 0.2) is 0 Å². The highest BCUT2D eigenvalue weighted by Gasteiger charge is 2.19. The number of nitrogens with zero attached hydrogens (tertiary/aromatic N) is 3. The molecule has 8 heteroatoms. The largest absolute Gasteiger partial charge is 0.322 e. The summed E-state index contributed by atoms with van der Waals surface area (Å²) < 4.78 is 25.7. The molecule has 3 aromatic rings. The molecule has 1 amide bonds. The second-order valence-electron chi connectivity index (χ2n) is 5.98. The van der Waals surface area contributed by atoms with Crippen LogP contribution in [0.3, 0.4) is 0 Å². The lowest BCUT2D eigenvalue weighted by atomic mass is 10.1. The molecule has 0 fully saturated rings. The van der Waals surface area contributed by atoms with E-state index in [4.69, 9.17) is 0 Å². The van der Waals surface area contributed by atoms with E-state index < -0.39 is 10.0 Å². The third kappa shape index (κ3) is 3.42. The fraction of sp³-hybridized carbons (Fsp3) is 0.167. The van der Waals surface area contributed by atoms with Crippen molar-refractivity contribution in [1.82, 2.24) is 14.3 Å². The van der Waals surface area contributed by atoms with Crippen molar-refractivity contribution in [1.29, 1.82) is 0 Å². The molecule has 0 radical (unpaired) electrons. The second kappa shape index (κ2) is 6.81. The SMILES string of the molecule is Cc1ccc(S(=O)(=O)N(C)C)cc1NC(=O)c1ccc2nccnc2c1. The lowest BCUT2D eigenvalue weighted by Gasteiger charge is -2.14. The Hall–Kier alpha value is -2.84. The minimum atomic E-state index is -3.58. The monoisotopic (exact) mass is 370 g/mol. The van der Waals surface area contributed by atoms with Crippen molar-refractivity contribution in [2.24, 2.45) is 0 Å². The number of anilines is 1. The molecule has 0 aliphatic carbocycles. The van der Waals surface area contributed by atoms with Crippen LogP contribution >= 0.6 is 0 Å². The maximum absolute atomic E-state index is 12.6. The molecule has 0 saturated heterocycles. The summed E-state index contributed by atoms with van der Waals surface area (Å²) in [5.41, 5.74) is 2.92. The summed E-state index contributed by atoms with van der Waals surface area (Å²) in [4.78, 5) is 21.1. The van der Waals surface area contributed by atoms with Crippen molar-refractivity contribution < 1.29 is 13.2 Å². The van der Waals surface area contributed by atoms with Gasteiger partial charge in [-0.2, -0.15) is 0 Å². The summed E-state index contributed by atoms with van der Waals surface area (Å²) in [7, 11) is -0.658. The zero-order chi connectivity index (χ0) is 18.9. The van der Waals surface area contributed by atoms with Crippen LogP contribution in [-0.2, 0) is 10.0 Å². The molecular formula is C18H18N4O3S. The van der Waals surface area contributed by atoms with Crippen molar-refractivity contribution >= 4 is 32.7 Å². The van der Waals surface area contributed by atoms with E-state index in [2.05, 4.69) is 15.3 Å². The average molecular weight is 370 g/mol. The molecule has 7 nitrogen and oxygen atoms in total. The first-order valence-corrected chi connectivity index (χ1v) is 9.28. The summed E-state index contributed by atoms with van der Waals surface area (Å²) in [5.74, 6) is -0.347. The first kappa shape index (κ1) is 18.0. The zero-order valence-corrected chi connectivity index (χ0v) is 15.4. The van der Waals surface area contributed by atoms with E-state index in [0.717, 1.165) is 9.87 Å². The second-order valence-corrected chi connectivity index (χ2v) is 8.13. The minimum absolute atomic E-state index is 0.118. The van der Waals surface area contributed by atoms with E-state index in [-0.39, 0.29) is 10.8 Å². The fourth-order valence-electron chi connectivity index (χ4n) is 2.41. The van der Waals surface area contributed by atoms with Crippen molar-refractivity contribution in [2.45, 2.75) is 11.8 Å². The molecule has 134 valence electrons. The summed E-state index contributed by atoms with van der Waals surface area (Å²) in [6, 6.07) is 9.67. The van der Waals surface area contributed by atoms with Gasteiger partial charge in [-0.15, -0.1) is 0 Å². The third-order valence-corrected chi connectivity index (χ3v) is 5.78. The van der Waals surface area contributed by atoms with Gasteiger partial charge in [0.2, 0.25) is 10.0 Å². The molecule has 0 bridgehead atoms. The number of hydrogen-bond acceptors (Lipinski definition) is 5. The lowest BCUT2D eigenvalue weighted by Crippen LogP contribution is -2.22. The molecule has 2 aromatic carbocycles. The zero-order valence-electron chi connectivity index (χ0n) is 14.6. The van der Waals surface area contributed by atoms with E-state index in [1.54, 1.807) is 43.6 Å². The lowest BCUT2D eigenvalue weighted by molar-refractivity contribution is 0.102. The van der Waals surface area contributed by atoms with E-state index in [1.165, 1.54) is 26.2 Å². The van der Waals surface area contributed by atoms with Crippen LogP contribution < -0.4 is 5.32 Å². The molecule has 0 spiro atoms. The highest BCUT2D eigenvalue weighted by molar-refractivity contribution is 7.89. The van der Waals surface area contributed by atoms with Crippen LogP contribution in [-0.4, -0.2) is 42.7 Å². The van der Waals surface area contributed by atoms with Crippen LogP contribution in [0.2, 0.25) is 0 Å². The number of aryl methyl sites for hydroxylation is 1. The van der Waals surface area contributed by atoms with Gasteiger partial charge >= 0.3 is 0 Å². The number of sulfonamides is 1. The molecule has 0 unspecified atom stereocenters. The maximum atomic E-state index is 12.6. The molecule has 1 N–H and O–H groups in total. The van der Waals surface area contributed by atoms with Crippen molar-refractivity contribution in [3.8, 4) is 0 Å². The van der Waals surface area contributed by atoms with Gasteiger partial charge in [0.1, 0.15) is 0 Å².